The van der Waals surface area contributed by atoms with Gasteiger partial charge in [-0.25, -0.2) is 19.3 Å². The summed E-state index contributed by atoms with van der Waals surface area (Å²) in [4.78, 5) is 33.7. The smallest absolute Gasteiger partial charge is 0.229 e. The molecule has 3 aromatic rings. The zero-order valence-electron chi connectivity index (χ0n) is 17.2. The van der Waals surface area contributed by atoms with Crippen LogP contribution in [0.3, 0.4) is 0 Å². The number of imidazole rings is 1. The molecule has 1 N–H and O–H groups in total. The van der Waals surface area contributed by atoms with Gasteiger partial charge in [0.25, 0.3) is 0 Å². The number of nitrogens with zero attached hydrogens (tertiary/aromatic N) is 5. The van der Waals surface area contributed by atoms with E-state index in [4.69, 9.17) is 4.74 Å². The summed E-state index contributed by atoms with van der Waals surface area (Å²) in [6.45, 7) is 1.48. The van der Waals surface area contributed by atoms with Crippen LogP contribution < -0.4 is 9.64 Å². The zero-order valence-corrected chi connectivity index (χ0v) is 17.2. The number of fused-ring (bicyclic) bond motifs is 3. The number of pyridine rings is 2. The number of H-pyrrole nitrogens is 1. The Morgan fingerprint density at radius 3 is 2.65 bits per heavy atom. The largest absolute Gasteiger partial charge is 0.481 e. The molecule has 2 aliphatic heterocycles. The Morgan fingerprint density at radius 2 is 1.94 bits per heavy atom. The van der Waals surface area contributed by atoms with E-state index in [1.807, 2.05) is 23.1 Å². The van der Waals surface area contributed by atoms with E-state index in [9.17, 15) is 9.18 Å². The standard InChI is InChI=1S/C22H23FN6O2/c1-31-18-8-12(4-6-24-18)20-26-19-17(5-7-25-21(19)27-20)28-10-13-2-3-14(11-28)29(13)22(30)15-9-16(15)23/h4-8,13-16H,2-3,9-11H2,1H3,(H,25,26,27)/t13?,14?,15-,16-/m1/s1. The molecule has 0 radical (unpaired) electrons. The van der Waals surface area contributed by atoms with Crippen molar-refractivity contribution in [2.24, 2.45) is 5.92 Å². The number of nitrogens with one attached hydrogen (secondary N) is 1. The highest BCUT2D eigenvalue weighted by Crippen LogP contribution is 2.41. The van der Waals surface area contributed by atoms with Gasteiger partial charge in [0.2, 0.25) is 11.8 Å². The third-order valence-corrected chi connectivity index (χ3v) is 6.69. The second-order valence-corrected chi connectivity index (χ2v) is 8.59. The van der Waals surface area contributed by atoms with Gasteiger partial charge in [0, 0.05) is 49.2 Å². The maximum Gasteiger partial charge on any atom is 0.229 e. The Hall–Kier alpha value is -3.23. The van der Waals surface area contributed by atoms with Gasteiger partial charge < -0.3 is 19.5 Å². The summed E-state index contributed by atoms with van der Waals surface area (Å²) in [5.74, 6) is 0.828. The molecule has 3 fully saturated rings. The number of aromatic nitrogens is 4. The number of halogens is 1. The average Bonchev–Trinajstić information content (AvgIpc) is 3.25. The van der Waals surface area contributed by atoms with Crippen molar-refractivity contribution < 1.29 is 13.9 Å². The highest BCUT2D eigenvalue weighted by Gasteiger charge is 2.51. The lowest BCUT2D eigenvalue weighted by Crippen LogP contribution is -2.56. The number of anilines is 1. The fraction of sp³-hybridized carbons (Fsp3) is 0.455. The van der Waals surface area contributed by atoms with Gasteiger partial charge >= 0.3 is 0 Å². The molecule has 1 amide bonds. The first-order chi connectivity index (χ1) is 15.1. The summed E-state index contributed by atoms with van der Waals surface area (Å²) in [6.07, 6.45) is 4.84. The van der Waals surface area contributed by atoms with Crippen molar-refractivity contribution >= 4 is 22.8 Å². The summed E-state index contributed by atoms with van der Waals surface area (Å²) in [7, 11) is 1.58. The predicted octanol–water partition coefficient (Wildman–Crippen LogP) is 2.57. The van der Waals surface area contributed by atoms with Crippen LogP contribution in [0.1, 0.15) is 19.3 Å². The fourth-order valence-electron chi connectivity index (χ4n) is 5.04. The molecule has 2 bridgehead atoms. The molecule has 0 spiro atoms. The number of aromatic amines is 1. The molecule has 1 aliphatic carbocycles. The number of hydrogen-bond acceptors (Lipinski definition) is 6. The van der Waals surface area contributed by atoms with Crippen molar-refractivity contribution in [3.63, 3.8) is 0 Å². The monoisotopic (exact) mass is 422 g/mol. The molecular formula is C22H23FN6O2. The number of amides is 1. The van der Waals surface area contributed by atoms with Crippen molar-refractivity contribution in [2.75, 3.05) is 25.1 Å². The Balaban J connectivity index is 1.30. The van der Waals surface area contributed by atoms with Crippen molar-refractivity contribution in [2.45, 2.75) is 37.5 Å². The lowest BCUT2D eigenvalue weighted by Gasteiger charge is -2.42. The van der Waals surface area contributed by atoms with Gasteiger partial charge in [-0.3, -0.25) is 4.79 Å². The highest BCUT2D eigenvalue weighted by molar-refractivity contribution is 5.89. The molecule has 5 heterocycles. The van der Waals surface area contributed by atoms with Gasteiger partial charge in [-0.05, 0) is 31.4 Å². The number of hydrogen-bond donors (Lipinski definition) is 1. The predicted molar refractivity (Wildman–Crippen MR) is 113 cm³/mol. The minimum absolute atomic E-state index is 0.00925. The van der Waals surface area contributed by atoms with E-state index < -0.39 is 12.1 Å². The third kappa shape index (κ3) is 3.02. The molecule has 9 heteroatoms. The normalized spacial score (nSPS) is 27.0. The van der Waals surface area contributed by atoms with Crippen LogP contribution in [-0.2, 0) is 4.79 Å². The topological polar surface area (TPSA) is 87.2 Å². The molecule has 2 unspecified atom stereocenters. The minimum atomic E-state index is -0.944. The first-order valence-electron chi connectivity index (χ1n) is 10.7. The van der Waals surface area contributed by atoms with Gasteiger partial charge in [-0.1, -0.05) is 0 Å². The number of rotatable bonds is 4. The second kappa shape index (κ2) is 6.90. The maximum absolute atomic E-state index is 13.5. The van der Waals surface area contributed by atoms with Crippen LogP contribution in [0.2, 0.25) is 0 Å². The van der Waals surface area contributed by atoms with Gasteiger partial charge in [0.05, 0.1) is 18.7 Å². The summed E-state index contributed by atoms with van der Waals surface area (Å²) in [5.41, 5.74) is 3.42. The van der Waals surface area contributed by atoms with Crippen molar-refractivity contribution in [3.8, 4) is 17.3 Å². The van der Waals surface area contributed by atoms with Crippen molar-refractivity contribution in [1.29, 1.82) is 0 Å². The molecule has 6 rings (SSSR count). The second-order valence-electron chi connectivity index (χ2n) is 8.59. The van der Waals surface area contributed by atoms with Crippen LogP contribution >= 0.6 is 0 Å². The quantitative estimate of drug-likeness (QED) is 0.695. The molecule has 4 atom stereocenters. The van der Waals surface area contributed by atoms with Crippen LogP contribution in [0.15, 0.2) is 30.6 Å². The molecule has 3 aromatic heterocycles. The Kier molecular flexibility index (Phi) is 4.12. The molecule has 8 nitrogen and oxygen atoms in total. The van der Waals surface area contributed by atoms with E-state index in [0.29, 0.717) is 23.8 Å². The molecule has 2 saturated heterocycles. The van der Waals surface area contributed by atoms with E-state index in [2.05, 4.69) is 24.8 Å². The molecular weight excluding hydrogens is 399 g/mol. The molecule has 160 valence electrons. The van der Waals surface area contributed by atoms with Crippen LogP contribution in [0.4, 0.5) is 10.1 Å². The molecule has 1 saturated carbocycles. The lowest BCUT2D eigenvalue weighted by molar-refractivity contribution is -0.136. The van der Waals surface area contributed by atoms with Crippen molar-refractivity contribution in [3.05, 3.63) is 30.6 Å². The summed E-state index contributed by atoms with van der Waals surface area (Å²) < 4.78 is 18.7. The maximum atomic E-state index is 13.5. The molecule has 31 heavy (non-hydrogen) atoms. The highest BCUT2D eigenvalue weighted by atomic mass is 19.1. The summed E-state index contributed by atoms with van der Waals surface area (Å²) >= 11 is 0. The number of ether oxygens (including phenoxy) is 1. The summed E-state index contributed by atoms with van der Waals surface area (Å²) in [6, 6.07) is 5.97. The molecule has 3 aliphatic rings. The van der Waals surface area contributed by atoms with Crippen LogP contribution in [0, 0.1) is 5.92 Å². The van der Waals surface area contributed by atoms with Gasteiger partial charge in [-0.2, -0.15) is 0 Å². The van der Waals surface area contributed by atoms with Crippen LogP contribution in [-0.4, -0.2) is 69.2 Å². The number of carbonyl (C=O) groups is 1. The van der Waals surface area contributed by atoms with Gasteiger partial charge in [0.1, 0.15) is 17.5 Å². The number of methoxy groups -OCH3 is 1. The fourth-order valence-corrected chi connectivity index (χ4v) is 5.04. The van der Waals surface area contributed by atoms with E-state index >= 15 is 0 Å². The summed E-state index contributed by atoms with van der Waals surface area (Å²) in [5, 5.41) is 0. The Bertz CT molecular complexity index is 1150. The Labute approximate surface area is 178 Å². The van der Waals surface area contributed by atoms with Crippen LogP contribution in [0.5, 0.6) is 5.88 Å². The van der Waals surface area contributed by atoms with Gasteiger partial charge in [0.15, 0.2) is 5.65 Å². The molecule has 0 aromatic carbocycles. The average molecular weight is 422 g/mol. The SMILES string of the molecule is COc1cc(-c2nc3nccc(N4CC5CCC(C4)N5C(=O)[C@@H]4C[C@H]4F)c3[nH]2)ccn1. The van der Waals surface area contributed by atoms with E-state index in [1.165, 1.54) is 0 Å². The van der Waals surface area contributed by atoms with Crippen LogP contribution in [0.25, 0.3) is 22.6 Å². The first-order valence-corrected chi connectivity index (χ1v) is 10.7. The van der Waals surface area contributed by atoms with E-state index in [1.54, 1.807) is 19.5 Å². The zero-order chi connectivity index (χ0) is 21.1. The Morgan fingerprint density at radius 1 is 1.19 bits per heavy atom. The first kappa shape index (κ1) is 18.5. The van der Waals surface area contributed by atoms with Crippen molar-refractivity contribution in [1.82, 2.24) is 24.8 Å². The lowest BCUT2D eigenvalue weighted by atomic mass is 10.1. The van der Waals surface area contributed by atoms with Gasteiger partial charge in [-0.15, -0.1) is 0 Å². The van der Waals surface area contributed by atoms with E-state index in [0.717, 1.165) is 42.7 Å². The van der Waals surface area contributed by atoms with E-state index in [-0.39, 0.29) is 18.0 Å². The minimum Gasteiger partial charge on any atom is -0.481 e. The number of piperazine rings is 1. The number of alkyl halides is 1. The third-order valence-electron chi connectivity index (χ3n) is 6.69. The number of carbonyl (C=O) groups excluding carboxylic acids is 1.